The molecule has 1 aliphatic heterocycles. The van der Waals surface area contributed by atoms with Gasteiger partial charge >= 0.3 is 6.18 Å². The minimum atomic E-state index is -4.43. The van der Waals surface area contributed by atoms with Gasteiger partial charge in [-0.15, -0.1) is 0 Å². The van der Waals surface area contributed by atoms with Crippen molar-refractivity contribution >= 4 is 22.6 Å². The third-order valence-corrected chi connectivity index (χ3v) is 4.15. The quantitative estimate of drug-likeness (QED) is 0.892. The number of hydrogen-bond donors (Lipinski definition) is 2. The molecule has 2 aromatic rings. The maximum atomic E-state index is 12.7. The van der Waals surface area contributed by atoms with Crippen LogP contribution in [0.2, 0.25) is 0 Å². The van der Waals surface area contributed by atoms with Gasteiger partial charge in [0.05, 0.1) is 5.52 Å². The number of anilines is 1. The van der Waals surface area contributed by atoms with Gasteiger partial charge in [-0.05, 0) is 39.0 Å². The molecule has 1 amide bonds. The number of H-pyrrole nitrogens is 1. The molecule has 0 spiro atoms. The first-order chi connectivity index (χ1) is 10.8. The van der Waals surface area contributed by atoms with Crippen LogP contribution < -0.4 is 5.32 Å². The fourth-order valence-corrected chi connectivity index (χ4v) is 2.75. The van der Waals surface area contributed by atoms with E-state index >= 15 is 0 Å². The first-order valence-electron chi connectivity index (χ1n) is 7.38. The van der Waals surface area contributed by atoms with Crippen LogP contribution in [0.25, 0.3) is 10.9 Å². The first-order valence-corrected chi connectivity index (χ1v) is 7.38. The summed E-state index contributed by atoms with van der Waals surface area (Å²) in [6.45, 7) is 1.71. The van der Waals surface area contributed by atoms with Crippen LogP contribution in [0.3, 0.4) is 0 Å². The van der Waals surface area contributed by atoms with Crippen LogP contribution in [-0.2, 0) is 11.0 Å². The van der Waals surface area contributed by atoms with Crippen molar-refractivity contribution in [2.24, 2.45) is 5.92 Å². The first kappa shape index (κ1) is 15.8. The van der Waals surface area contributed by atoms with Crippen molar-refractivity contribution in [2.45, 2.75) is 19.0 Å². The van der Waals surface area contributed by atoms with Gasteiger partial charge in [0, 0.05) is 23.6 Å². The average Bonchev–Trinajstić information content (AvgIpc) is 2.91. The van der Waals surface area contributed by atoms with E-state index in [4.69, 9.17) is 0 Å². The number of fused-ring (bicyclic) bond motifs is 1. The molecule has 1 saturated heterocycles. The zero-order valence-corrected chi connectivity index (χ0v) is 12.6. The van der Waals surface area contributed by atoms with Crippen LogP contribution in [0.4, 0.5) is 19.0 Å². The Hall–Kier alpha value is -2.09. The number of aromatic nitrogens is 2. The molecule has 0 radical (unpaired) electrons. The van der Waals surface area contributed by atoms with Crippen molar-refractivity contribution in [3.8, 4) is 0 Å². The highest BCUT2D eigenvalue weighted by atomic mass is 19.4. The molecule has 1 aliphatic rings. The molecular weight excluding hydrogens is 309 g/mol. The SMILES string of the molecule is CN1CCC(C(=O)Nc2cc3[nH]c(C(F)(F)F)cc3cn2)CC1. The van der Waals surface area contributed by atoms with Crippen LogP contribution in [0, 0.1) is 5.92 Å². The molecule has 23 heavy (non-hydrogen) atoms. The molecular formula is C15H17F3N4O. The lowest BCUT2D eigenvalue weighted by Gasteiger charge is -2.27. The predicted octanol–water partition coefficient (Wildman–Crippen LogP) is 2.86. The normalized spacial score (nSPS) is 17.6. The Bertz CT molecular complexity index is 717. The van der Waals surface area contributed by atoms with E-state index in [0.29, 0.717) is 10.9 Å². The van der Waals surface area contributed by atoms with Crippen LogP contribution in [-0.4, -0.2) is 40.9 Å². The van der Waals surface area contributed by atoms with Crippen molar-refractivity contribution in [3.63, 3.8) is 0 Å². The number of pyridine rings is 1. The van der Waals surface area contributed by atoms with Crippen molar-refractivity contribution < 1.29 is 18.0 Å². The number of nitrogens with one attached hydrogen (secondary N) is 2. The Kier molecular flexibility index (Phi) is 4.01. The lowest BCUT2D eigenvalue weighted by atomic mass is 9.96. The van der Waals surface area contributed by atoms with Crippen LogP contribution >= 0.6 is 0 Å². The Morgan fingerprint density at radius 3 is 2.70 bits per heavy atom. The lowest BCUT2D eigenvalue weighted by molar-refractivity contribution is -0.140. The summed E-state index contributed by atoms with van der Waals surface area (Å²) in [7, 11) is 2.01. The topological polar surface area (TPSA) is 61.0 Å². The second kappa shape index (κ2) is 5.84. The van der Waals surface area contributed by atoms with E-state index in [-0.39, 0.29) is 17.6 Å². The summed E-state index contributed by atoms with van der Waals surface area (Å²) in [6, 6.07) is 2.43. The smallest absolute Gasteiger partial charge is 0.351 e. The second-order valence-electron chi connectivity index (χ2n) is 5.90. The van der Waals surface area contributed by atoms with Gasteiger partial charge < -0.3 is 15.2 Å². The standard InChI is InChI=1S/C15H17F3N4O/c1-22-4-2-9(3-5-22)14(23)21-13-7-11-10(8-19-13)6-12(20-11)15(16,17)18/h6-9,20H,2-5H2,1H3,(H,19,21,23). The van der Waals surface area contributed by atoms with Gasteiger partial charge in [0.25, 0.3) is 0 Å². The largest absolute Gasteiger partial charge is 0.431 e. The van der Waals surface area contributed by atoms with Crippen molar-refractivity contribution in [1.82, 2.24) is 14.9 Å². The van der Waals surface area contributed by atoms with Gasteiger partial charge in [0.1, 0.15) is 11.5 Å². The maximum absolute atomic E-state index is 12.7. The average molecular weight is 326 g/mol. The Morgan fingerprint density at radius 2 is 2.04 bits per heavy atom. The van der Waals surface area contributed by atoms with E-state index in [2.05, 4.69) is 20.2 Å². The maximum Gasteiger partial charge on any atom is 0.431 e. The monoisotopic (exact) mass is 326 g/mol. The predicted molar refractivity (Wildman–Crippen MR) is 79.9 cm³/mol. The summed E-state index contributed by atoms with van der Waals surface area (Å²) in [5.74, 6) is 0.0441. The number of alkyl halides is 3. The number of rotatable bonds is 2. The Balaban J connectivity index is 1.74. The van der Waals surface area contributed by atoms with Gasteiger partial charge in [-0.25, -0.2) is 4.98 Å². The van der Waals surface area contributed by atoms with E-state index in [0.717, 1.165) is 32.0 Å². The van der Waals surface area contributed by atoms with Crippen molar-refractivity contribution in [3.05, 3.63) is 24.0 Å². The molecule has 0 aliphatic carbocycles. The number of halogens is 3. The van der Waals surface area contributed by atoms with Crippen LogP contribution in [0.1, 0.15) is 18.5 Å². The summed E-state index contributed by atoms with van der Waals surface area (Å²) >= 11 is 0. The van der Waals surface area contributed by atoms with Crippen molar-refractivity contribution in [1.29, 1.82) is 0 Å². The molecule has 2 N–H and O–H groups in total. The highest BCUT2D eigenvalue weighted by Gasteiger charge is 2.32. The second-order valence-corrected chi connectivity index (χ2v) is 5.90. The molecule has 2 aromatic heterocycles. The number of aromatic amines is 1. The molecule has 0 unspecified atom stereocenters. The number of amides is 1. The number of likely N-dealkylation sites (tertiary alicyclic amines) is 1. The summed E-state index contributed by atoms with van der Waals surface area (Å²) in [5, 5.41) is 3.05. The highest BCUT2D eigenvalue weighted by Crippen LogP contribution is 2.31. The third kappa shape index (κ3) is 3.47. The third-order valence-electron chi connectivity index (χ3n) is 4.15. The van der Waals surface area contributed by atoms with E-state index in [1.807, 2.05) is 7.05 Å². The number of carbonyl (C=O) groups is 1. The van der Waals surface area contributed by atoms with E-state index in [1.165, 1.54) is 12.3 Å². The van der Waals surface area contributed by atoms with E-state index in [1.54, 1.807) is 0 Å². The minimum absolute atomic E-state index is 0.0851. The molecule has 8 heteroatoms. The highest BCUT2D eigenvalue weighted by molar-refractivity contribution is 5.93. The molecule has 0 saturated carbocycles. The zero-order valence-electron chi connectivity index (χ0n) is 12.6. The fourth-order valence-electron chi connectivity index (χ4n) is 2.75. The van der Waals surface area contributed by atoms with Crippen molar-refractivity contribution in [2.75, 3.05) is 25.5 Å². The molecule has 3 heterocycles. The minimum Gasteiger partial charge on any atom is -0.351 e. The fraction of sp³-hybridized carbons (Fsp3) is 0.467. The summed E-state index contributed by atoms with van der Waals surface area (Å²) in [6.07, 6.45) is -1.57. The molecule has 3 rings (SSSR count). The Morgan fingerprint density at radius 1 is 1.35 bits per heavy atom. The summed E-state index contributed by atoms with van der Waals surface area (Å²) in [5.41, 5.74) is -0.529. The number of hydrogen-bond acceptors (Lipinski definition) is 3. The van der Waals surface area contributed by atoms with Gasteiger partial charge in [-0.1, -0.05) is 0 Å². The van der Waals surface area contributed by atoms with E-state index < -0.39 is 11.9 Å². The molecule has 5 nitrogen and oxygen atoms in total. The molecule has 124 valence electrons. The van der Waals surface area contributed by atoms with Gasteiger partial charge in [0.15, 0.2) is 0 Å². The molecule has 1 fully saturated rings. The molecule has 0 bridgehead atoms. The number of piperidine rings is 1. The van der Waals surface area contributed by atoms with Gasteiger partial charge in [0.2, 0.25) is 5.91 Å². The molecule has 0 atom stereocenters. The number of nitrogens with zero attached hydrogens (tertiary/aromatic N) is 2. The van der Waals surface area contributed by atoms with Crippen LogP contribution in [0.15, 0.2) is 18.3 Å². The summed E-state index contributed by atoms with van der Waals surface area (Å²) in [4.78, 5) is 20.7. The van der Waals surface area contributed by atoms with Gasteiger partial charge in [-0.2, -0.15) is 13.2 Å². The Labute approximate surface area is 130 Å². The molecule has 0 aromatic carbocycles. The van der Waals surface area contributed by atoms with E-state index in [9.17, 15) is 18.0 Å². The van der Waals surface area contributed by atoms with Crippen LogP contribution in [0.5, 0.6) is 0 Å². The number of carbonyl (C=O) groups excluding carboxylic acids is 1. The zero-order chi connectivity index (χ0) is 16.6. The lowest BCUT2D eigenvalue weighted by Crippen LogP contribution is -2.36. The van der Waals surface area contributed by atoms with Gasteiger partial charge in [-0.3, -0.25) is 4.79 Å². The summed E-state index contributed by atoms with van der Waals surface area (Å²) < 4.78 is 38.1.